The third kappa shape index (κ3) is 2.48. The summed E-state index contributed by atoms with van der Waals surface area (Å²) in [5.74, 6) is 0.172. The summed E-state index contributed by atoms with van der Waals surface area (Å²) in [5, 5.41) is 9.80. The highest BCUT2D eigenvalue weighted by Crippen LogP contribution is 2.43. The van der Waals surface area contributed by atoms with Crippen molar-refractivity contribution in [2.75, 3.05) is 32.9 Å². The number of benzene rings is 1. The van der Waals surface area contributed by atoms with E-state index in [1.807, 2.05) is 26.0 Å². The lowest BCUT2D eigenvalue weighted by atomic mass is 9.76. The van der Waals surface area contributed by atoms with Crippen molar-refractivity contribution in [2.24, 2.45) is 11.3 Å². The maximum atomic E-state index is 13.0. The second-order valence-electron chi connectivity index (χ2n) is 6.63. The lowest BCUT2D eigenvalue weighted by Gasteiger charge is -2.36. The predicted octanol–water partition coefficient (Wildman–Crippen LogP) is 1.32. The van der Waals surface area contributed by atoms with Gasteiger partial charge >= 0.3 is 0 Å². The van der Waals surface area contributed by atoms with Gasteiger partial charge in [-0.05, 0) is 43.4 Å². The van der Waals surface area contributed by atoms with E-state index in [1.165, 1.54) is 4.31 Å². The van der Waals surface area contributed by atoms with Crippen LogP contribution in [0.15, 0.2) is 23.1 Å². The molecule has 2 aliphatic rings. The molecule has 0 aliphatic carbocycles. The highest BCUT2D eigenvalue weighted by atomic mass is 32.2. The van der Waals surface area contributed by atoms with Gasteiger partial charge in [0.2, 0.25) is 10.0 Å². The van der Waals surface area contributed by atoms with Crippen LogP contribution in [0.1, 0.15) is 17.5 Å². The number of rotatable bonds is 3. The highest BCUT2D eigenvalue weighted by molar-refractivity contribution is 7.89. The first-order valence-corrected chi connectivity index (χ1v) is 9.09. The Morgan fingerprint density at radius 1 is 1.41 bits per heavy atom. The summed E-state index contributed by atoms with van der Waals surface area (Å²) in [5.41, 5.74) is 1.25. The van der Waals surface area contributed by atoms with Gasteiger partial charge in [-0.1, -0.05) is 12.1 Å². The molecule has 0 unspecified atom stereocenters. The number of nitrogens with zero attached hydrogens (tertiary/aromatic N) is 1. The van der Waals surface area contributed by atoms with Gasteiger partial charge in [0.05, 0.1) is 18.1 Å². The zero-order valence-electron chi connectivity index (χ0n) is 13.1. The third-order valence-electron chi connectivity index (χ3n) is 5.06. The van der Waals surface area contributed by atoms with Crippen LogP contribution < -0.4 is 0 Å². The van der Waals surface area contributed by atoms with Crippen molar-refractivity contribution in [1.29, 1.82) is 0 Å². The first-order valence-electron chi connectivity index (χ1n) is 7.65. The molecule has 5 nitrogen and oxygen atoms in total. The zero-order valence-corrected chi connectivity index (χ0v) is 13.9. The summed E-state index contributed by atoms with van der Waals surface area (Å²) in [6, 6.07) is 5.49. The molecule has 3 rings (SSSR count). The Kier molecular flexibility index (Phi) is 4.05. The van der Waals surface area contributed by atoms with Crippen LogP contribution in [-0.4, -0.2) is 50.7 Å². The lowest BCUT2D eigenvalue weighted by Crippen LogP contribution is -2.43. The summed E-state index contributed by atoms with van der Waals surface area (Å²) in [6.07, 6.45) is 0.805. The van der Waals surface area contributed by atoms with Gasteiger partial charge in [-0.25, -0.2) is 8.42 Å². The van der Waals surface area contributed by atoms with Gasteiger partial charge < -0.3 is 9.84 Å². The maximum Gasteiger partial charge on any atom is 0.243 e. The number of hydrogen-bond donors (Lipinski definition) is 1. The molecule has 2 heterocycles. The minimum atomic E-state index is -3.53. The Balaban J connectivity index is 1.95. The largest absolute Gasteiger partial charge is 0.396 e. The molecule has 0 aromatic heterocycles. The molecule has 122 valence electrons. The second-order valence-corrected chi connectivity index (χ2v) is 8.53. The molecular formula is C16H23NO4S. The van der Waals surface area contributed by atoms with E-state index in [0.717, 1.165) is 17.5 Å². The molecule has 0 radical (unpaired) electrons. The van der Waals surface area contributed by atoms with Crippen LogP contribution in [0.5, 0.6) is 0 Å². The molecule has 0 spiro atoms. The molecule has 0 saturated carbocycles. The molecule has 0 bridgehead atoms. The summed E-state index contributed by atoms with van der Waals surface area (Å²) in [4.78, 5) is 0.375. The summed E-state index contributed by atoms with van der Waals surface area (Å²) in [6.45, 7) is 5.57. The molecule has 2 atom stereocenters. The molecule has 2 saturated heterocycles. The van der Waals surface area contributed by atoms with Crippen molar-refractivity contribution in [1.82, 2.24) is 4.31 Å². The fourth-order valence-corrected chi connectivity index (χ4v) is 5.47. The van der Waals surface area contributed by atoms with Gasteiger partial charge in [-0.2, -0.15) is 4.31 Å². The Morgan fingerprint density at radius 2 is 2.18 bits per heavy atom. The third-order valence-corrected chi connectivity index (χ3v) is 7.01. The quantitative estimate of drug-likeness (QED) is 0.910. The summed E-state index contributed by atoms with van der Waals surface area (Å²) in [7, 11) is -3.53. The molecule has 1 aromatic carbocycles. The van der Waals surface area contributed by atoms with E-state index in [4.69, 9.17) is 4.74 Å². The zero-order chi connectivity index (χ0) is 16.0. The average Bonchev–Trinajstić information content (AvgIpc) is 2.90. The monoisotopic (exact) mass is 325 g/mol. The maximum absolute atomic E-state index is 13.0. The van der Waals surface area contributed by atoms with Crippen molar-refractivity contribution < 1.29 is 18.3 Å². The van der Waals surface area contributed by atoms with E-state index >= 15 is 0 Å². The van der Waals surface area contributed by atoms with Gasteiger partial charge in [0.15, 0.2) is 0 Å². The van der Waals surface area contributed by atoms with E-state index in [0.29, 0.717) is 31.2 Å². The van der Waals surface area contributed by atoms with E-state index < -0.39 is 15.4 Å². The van der Waals surface area contributed by atoms with Gasteiger partial charge in [-0.15, -0.1) is 0 Å². The first kappa shape index (κ1) is 15.9. The van der Waals surface area contributed by atoms with Gasteiger partial charge in [0.25, 0.3) is 0 Å². The number of aryl methyl sites for hydroxylation is 2. The van der Waals surface area contributed by atoms with Gasteiger partial charge in [0.1, 0.15) is 0 Å². The predicted molar refractivity (Wildman–Crippen MR) is 83.1 cm³/mol. The number of fused-ring (bicyclic) bond motifs is 1. The van der Waals surface area contributed by atoms with Crippen molar-refractivity contribution in [3.63, 3.8) is 0 Å². The normalized spacial score (nSPS) is 29.5. The van der Waals surface area contributed by atoms with E-state index in [2.05, 4.69) is 0 Å². The fourth-order valence-electron chi connectivity index (χ4n) is 3.58. The standard InChI is InChI=1S/C16H23NO4S/c1-12-3-4-13(2)15(7-12)22(19,20)17-8-14-5-6-21-11-16(14,9-17)10-18/h3-4,7,14,18H,5-6,8-11H2,1-2H3/t14-,16+/m0/s1. The summed E-state index contributed by atoms with van der Waals surface area (Å²) >= 11 is 0. The number of ether oxygens (including phenoxy) is 1. The Bertz CT molecular complexity index is 673. The van der Waals surface area contributed by atoms with Gasteiger partial charge in [0, 0.05) is 25.1 Å². The average molecular weight is 325 g/mol. The van der Waals surface area contributed by atoms with Crippen LogP contribution in [0, 0.1) is 25.2 Å². The van der Waals surface area contributed by atoms with Gasteiger partial charge in [-0.3, -0.25) is 0 Å². The minimum absolute atomic E-state index is 0.0313. The number of aliphatic hydroxyl groups excluding tert-OH is 1. The second kappa shape index (κ2) is 5.60. The molecule has 2 aliphatic heterocycles. The number of hydrogen-bond acceptors (Lipinski definition) is 4. The Hall–Kier alpha value is -0.950. The topological polar surface area (TPSA) is 66.8 Å². The van der Waals surface area contributed by atoms with E-state index in [-0.39, 0.29) is 12.5 Å². The first-order chi connectivity index (χ1) is 10.4. The molecule has 1 N–H and O–H groups in total. The van der Waals surface area contributed by atoms with Crippen molar-refractivity contribution in [3.8, 4) is 0 Å². The molecule has 1 aromatic rings. The van der Waals surface area contributed by atoms with Crippen LogP contribution in [0.2, 0.25) is 0 Å². The SMILES string of the molecule is Cc1ccc(C)c(S(=O)(=O)N2C[C@@H]3CCOC[C@]3(CO)C2)c1. The smallest absolute Gasteiger partial charge is 0.243 e. The Morgan fingerprint density at radius 3 is 2.86 bits per heavy atom. The molecule has 6 heteroatoms. The van der Waals surface area contributed by atoms with Crippen LogP contribution in [0.25, 0.3) is 0 Å². The van der Waals surface area contributed by atoms with Crippen molar-refractivity contribution in [2.45, 2.75) is 25.2 Å². The highest BCUT2D eigenvalue weighted by Gasteiger charge is 2.51. The van der Waals surface area contributed by atoms with Crippen LogP contribution >= 0.6 is 0 Å². The Labute approximate surface area is 131 Å². The lowest BCUT2D eigenvalue weighted by molar-refractivity contribution is -0.0552. The number of aliphatic hydroxyl groups is 1. The molecule has 22 heavy (non-hydrogen) atoms. The van der Waals surface area contributed by atoms with Crippen molar-refractivity contribution in [3.05, 3.63) is 29.3 Å². The molecule has 2 fully saturated rings. The van der Waals surface area contributed by atoms with Crippen LogP contribution in [-0.2, 0) is 14.8 Å². The van der Waals surface area contributed by atoms with Crippen molar-refractivity contribution >= 4 is 10.0 Å². The summed E-state index contributed by atoms with van der Waals surface area (Å²) < 4.78 is 33.1. The molecular weight excluding hydrogens is 302 g/mol. The minimum Gasteiger partial charge on any atom is -0.396 e. The fraction of sp³-hybridized carbons (Fsp3) is 0.625. The molecule has 0 amide bonds. The van der Waals surface area contributed by atoms with Crippen LogP contribution in [0.3, 0.4) is 0 Å². The van der Waals surface area contributed by atoms with E-state index in [9.17, 15) is 13.5 Å². The van der Waals surface area contributed by atoms with E-state index in [1.54, 1.807) is 6.07 Å². The van der Waals surface area contributed by atoms with Crippen LogP contribution in [0.4, 0.5) is 0 Å². The number of sulfonamides is 1.